The van der Waals surface area contributed by atoms with Gasteiger partial charge in [-0.3, -0.25) is 10.6 Å². The van der Waals surface area contributed by atoms with Gasteiger partial charge in [0.05, 0.1) is 10.2 Å². The summed E-state index contributed by atoms with van der Waals surface area (Å²) in [5, 5.41) is 11.1. The van der Waals surface area contributed by atoms with E-state index in [1.54, 1.807) is 36.0 Å². The third kappa shape index (κ3) is 4.81. The zero-order valence-electron chi connectivity index (χ0n) is 15.1. The molecule has 2 amide bonds. The Kier molecular flexibility index (Phi) is 5.86. The third-order valence-electron chi connectivity index (χ3n) is 3.90. The average molecular weight is 430 g/mol. The van der Waals surface area contributed by atoms with Gasteiger partial charge < -0.3 is 5.32 Å². The number of hydrogen-bond acceptors (Lipinski definition) is 8. The quantitative estimate of drug-likeness (QED) is 0.404. The van der Waals surface area contributed by atoms with Crippen molar-refractivity contribution in [3.05, 3.63) is 52.7 Å². The molecule has 4 aromatic rings. The highest BCUT2D eigenvalue weighted by atomic mass is 32.1. The first-order valence-corrected chi connectivity index (χ1v) is 10.4. The van der Waals surface area contributed by atoms with Crippen LogP contribution in [0.25, 0.3) is 10.2 Å². The summed E-state index contributed by atoms with van der Waals surface area (Å²) >= 11 is 2.99. The van der Waals surface area contributed by atoms with E-state index >= 15 is 0 Å². The van der Waals surface area contributed by atoms with Gasteiger partial charge in [0.25, 0.3) is 0 Å². The number of aromatic nitrogens is 4. The summed E-state index contributed by atoms with van der Waals surface area (Å²) in [5.41, 5.74) is 1.38. The standard InChI is InChI=1S/C18H16FN7OS2/c19-7-11-1-2-14(21-8-11)25-17(27)26-18-22-9-12(29-18)3-5-20-16-15-13(4-6-28-15)23-10-24-16/h1-2,4,6,8-10H,3,5,7H2,(H,20,23,24)(H2,21,22,25,26,27). The van der Waals surface area contributed by atoms with Crippen molar-refractivity contribution in [2.24, 2.45) is 0 Å². The van der Waals surface area contributed by atoms with Crippen LogP contribution >= 0.6 is 22.7 Å². The molecule has 0 radical (unpaired) electrons. The van der Waals surface area contributed by atoms with Crippen LogP contribution < -0.4 is 16.0 Å². The molecular formula is C18H16FN7OS2. The summed E-state index contributed by atoms with van der Waals surface area (Å²) < 4.78 is 13.5. The van der Waals surface area contributed by atoms with E-state index in [1.807, 2.05) is 11.4 Å². The number of halogens is 1. The minimum Gasteiger partial charge on any atom is -0.368 e. The molecule has 3 N–H and O–H groups in total. The Morgan fingerprint density at radius 2 is 2.00 bits per heavy atom. The number of pyridine rings is 1. The lowest BCUT2D eigenvalue weighted by Gasteiger charge is -2.05. The Morgan fingerprint density at radius 1 is 1.07 bits per heavy atom. The largest absolute Gasteiger partial charge is 0.368 e. The van der Waals surface area contributed by atoms with Gasteiger partial charge in [0.15, 0.2) is 5.13 Å². The monoisotopic (exact) mass is 429 g/mol. The van der Waals surface area contributed by atoms with Gasteiger partial charge >= 0.3 is 6.03 Å². The van der Waals surface area contributed by atoms with Crippen LogP contribution in [0.4, 0.5) is 26.0 Å². The number of alkyl halides is 1. The number of urea groups is 1. The number of carbonyl (C=O) groups excluding carboxylic acids is 1. The number of thiophene rings is 1. The van der Waals surface area contributed by atoms with Gasteiger partial charge in [0.2, 0.25) is 0 Å². The van der Waals surface area contributed by atoms with Crippen molar-refractivity contribution in [2.45, 2.75) is 13.1 Å². The van der Waals surface area contributed by atoms with E-state index in [1.165, 1.54) is 17.5 Å². The second-order valence-electron chi connectivity index (χ2n) is 5.93. The number of thiazole rings is 1. The maximum atomic E-state index is 12.5. The van der Waals surface area contributed by atoms with Crippen molar-refractivity contribution in [1.82, 2.24) is 19.9 Å². The van der Waals surface area contributed by atoms with Crippen molar-refractivity contribution < 1.29 is 9.18 Å². The number of anilines is 3. The van der Waals surface area contributed by atoms with Crippen molar-refractivity contribution in [3.8, 4) is 0 Å². The molecule has 29 heavy (non-hydrogen) atoms. The summed E-state index contributed by atoms with van der Waals surface area (Å²) in [6.07, 6.45) is 5.40. The van der Waals surface area contributed by atoms with E-state index in [2.05, 4.69) is 35.9 Å². The topological polar surface area (TPSA) is 105 Å². The molecule has 8 nitrogen and oxygen atoms in total. The zero-order valence-corrected chi connectivity index (χ0v) is 16.7. The Morgan fingerprint density at radius 3 is 2.83 bits per heavy atom. The van der Waals surface area contributed by atoms with Gasteiger partial charge in [-0.15, -0.1) is 22.7 Å². The summed E-state index contributed by atoms with van der Waals surface area (Å²) in [6.45, 7) is 0.0916. The fourth-order valence-electron chi connectivity index (χ4n) is 2.52. The van der Waals surface area contributed by atoms with Gasteiger partial charge in [-0.25, -0.2) is 29.1 Å². The summed E-state index contributed by atoms with van der Waals surface area (Å²) in [7, 11) is 0. The van der Waals surface area contributed by atoms with Gasteiger partial charge in [-0.1, -0.05) is 6.07 Å². The molecule has 4 aromatic heterocycles. The van der Waals surface area contributed by atoms with Crippen LogP contribution in [0.2, 0.25) is 0 Å². The Bertz CT molecular complexity index is 1110. The molecular weight excluding hydrogens is 413 g/mol. The number of rotatable bonds is 7. The molecule has 148 valence electrons. The molecule has 0 unspecified atom stereocenters. The Hall–Kier alpha value is -3.18. The highest BCUT2D eigenvalue weighted by Crippen LogP contribution is 2.25. The molecule has 0 bridgehead atoms. The summed E-state index contributed by atoms with van der Waals surface area (Å²) in [4.78, 5) is 29.8. The molecule has 0 aliphatic rings. The van der Waals surface area contributed by atoms with Crippen molar-refractivity contribution in [3.63, 3.8) is 0 Å². The van der Waals surface area contributed by atoms with Crippen molar-refractivity contribution in [1.29, 1.82) is 0 Å². The maximum absolute atomic E-state index is 12.5. The second kappa shape index (κ2) is 8.88. The molecule has 0 fully saturated rings. The number of carbonyl (C=O) groups is 1. The van der Waals surface area contributed by atoms with Gasteiger partial charge in [-0.05, 0) is 17.5 Å². The van der Waals surface area contributed by atoms with Crippen LogP contribution in [0, 0.1) is 0 Å². The predicted molar refractivity (Wildman–Crippen MR) is 113 cm³/mol. The van der Waals surface area contributed by atoms with Crippen LogP contribution in [-0.4, -0.2) is 32.5 Å². The molecule has 0 aliphatic heterocycles. The number of hydrogen-bond donors (Lipinski definition) is 3. The number of nitrogens with one attached hydrogen (secondary N) is 3. The minimum atomic E-state index is -0.592. The lowest BCUT2D eigenvalue weighted by Crippen LogP contribution is -2.19. The fourth-order valence-corrected chi connectivity index (χ4v) is 4.14. The molecule has 0 aliphatic carbocycles. The van der Waals surface area contributed by atoms with Crippen LogP contribution in [0.1, 0.15) is 10.4 Å². The van der Waals surface area contributed by atoms with Crippen LogP contribution in [0.5, 0.6) is 0 Å². The van der Waals surface area contributed by atoms with Gasteiger partial charge in [-0.2, -0.15) is 0 Å². The molecule has 11 heteroatoms. The fraction of sp³-hybridized carbons (Fsp3) is 0.167. The first-order chi connectivity index (χ1) is 14.2. The van der Waals surface area contributed by atoms with Crippen LogP contribution in [0.3, 0.4) is 0 Å². The Balaban J connectivity index is 1.27. The van der Waals surface area contributed by atoms with Crippen molar-refractivity contribution in [2.75, 3.05) is 22.5 Å². The van der Waals surface area contributed by atoms with Crippen molar-refractivity contribution >= 4 is 55.7 Å². The number of nitrogens with zero attached hydrogens (tertiary/aromatic N) is 4. The predicted octanol–water partition coefficient (Wildman–Crippen LogP) is 4.31. The highest BCUT2D eigenvalue weighted by Gasteiger charge is 2.09. The second-order valence-corrected chi connectivity index (χ2v) is 7.96. The maximum Gasteiger partial charge on any atom is 0.326 e. The number of amides is 2. The molecule has 4 heterocycles. The van der Waals surface area contributed by atoms with Crippen LogP contribution in [0.15, 0.2) is 42.3 Å². The van der Waals surface area contributed by atoms with Gasteiger partial charge in [0, 0.05) is 35.8 Å². The normalized spacial score (nSPS) is 10.8. The summed E-state index contributed by atoms with van der Waals surface area (Å²) in [5.74, 6) is 1.16. The van der Waals surface area contributed by atoms with Gasteiger partial charge in [0.1, 0.15) is 24.6 Å². The SMILES string of the molecule is O=C(Nc1ccc(CF)cn1)Nc1ncc(CCNc2ncnc3ccsc23)s1. The molecule has 4 rings (SSSR count). The lowest BCUT2D eigenvalue weighted by atomic mass is 10.3. The van der Waals surface area contributed by atoms with E-state index in [-0.39, 0.29) is 0 Å². The molecule has 0 aromatic carbocycles. The minimum absolute atomic E-state index is 0.338. The first kappa shape index (κ1) is 19.2. The van der Waals surface area contributed by atoms with E-state index in [0.717, 1.165) is 27.3 Å². The first-order valence-electron chi connectivity index (χ1n) is 8.67. The summed E-state index contributed by atoms with van der Waals surface area (Å²) in [6, 6.07) is 4.62. The average Bonchev–Trinajstić information content (AvgIpc) is 3.38. The number of fused-ring (bicyclic) bond motifs is 1. The smallest absolute Gasteiger partial charge is 0.326 e. The molecule has 0 saturated heterocycles. The van der Waals surface area contributed by atoms with Crippen LogP contribution in [-0.2, 0) is 13.1 Å². The highest BCUT2D eigenvalue weighted by molar-refractivity contribution is 7.17. The van der Waals surface area contributed by atoms with E-state index in [4.69, 9.17) is 0 Å². The molecule has 0 spiro atoms. The lowest BCUT2D eigenvalue weighted by molar-refractivity contribution is 0.262. The van der Waals surface area contributed by atoms with E-state index < -0.39 is 12.7 Å². The van der Waals surface area contributed by atoms with E-state index in [0.29, 0.717) is 23.1 Å². The van der Waals surface area contributed by atoms with E-state index in [9.17, 15) is 9.18 Å². The molecule has 0 saturated carbocycles. The third-order valence-corrected chi connectivity index (χ3v) is 5.78. The molecule has 0 atom stereocenters. The zero-order chi connectivity index (χ0) is 20.1. The Labute approximate surface area is 173 Å².